The van der Waals surface area contributed by atoms with Gasteiger partial charge < -0.3 is 10.8 Å². The molecular formula is C4H8N4O2. The molecule has 0 rings (SSSR count). The molecule has 0 saturated carbocycles. The van der Waals surface area contributed by atoms with Gasteiger partial charge in [0, 0.05) is 18.0 Å². The fraction of sp³-hybridized carbons (Fsp3) is 0.750. The molecule has 0 saturated heterocycles. The molecule has 0 aliphatic heterocycles. The summed E-state index contributed by atoms with van der Waals surface area (Å²) in [5.74, 6) is -1.79. The van der Waals surface area contributed by atoms with Crippen LogP contribution in [0.3, 0.4) is 0 Å². The largest absolute Gasteiger partial charge is 0.481 e. The van der Waals surface area contributed by atoms with Gasteiger partial charge in [0.25, 0.3) is 0 Å². The van der Waals surface area contributed by atoms with E-state index in [2.05, 4.69) is 10.0 Å². The Morgan fingerprint density at radius 2 is 2.50 bits per heavy atom. The Kier molecular flexibility index (Phi) is 4.02. The lowest BCUT2D eigenvalue weighted by Gasteiger charge is -2.02. The zero-order chi connectivity index (χ0) is 7.98. The molecule has 6 heteroatoms. The van der Waals surface area contributed by atoms with Gasteiger partial charge in [0.15, 0.2) is 0 Å². The molecular weight excluding hydrogens is 136 g/mol. The van der Waals surface area contributed by atoms with E-state index in [1.54, 1.807) is 0 Å². The minimum absolute atomic E-state index is 0.00560. The summed E-state index contributed by atoms with van der Waals surface area (Å²) in [7, 11) is 0. The smallest absolute Gasteiger partial charge is 0.307 e. The van der Waals surface area contributed by atoms with E-state index < -0.39 is 11.9 Å². The van der Waals surface area contributed by atoms with E-state index in [9.17, 15) is 4.79 Å². The second kappa shape index (κ2) is 4.60. The summed E-state index contributed by atoms with van der Waals surface area (Å²) in [5, 5.41) is 11.4. The zero-order valence-electron chi connectivity index (χ0n) is 5.27. The summed E-state index contributed by atoms with van der Waals surface area (Å²) in [5.41, 5.74) is 12.9. The average molecular weight is 144 g/mol. The molecule has 0 aliphatic rings. The van der Waals surface area contributed by atoms with Crippen LogP contribution in [0, 0.1) is 5.92 Å². The van der Waals surface area contributed by atoms with Crippen molar-refractivity contribution >= 4 is 5.97 Å². The molecule has 0 amide bonds. The molecule has 0 aromatic rings. The summed E-state index contributed by atoms with van der Waals surface area (Å²) >= 11 is 0. The van der Waals surface area contributed by atoms with Gasteiger partial charge in [-0.25, -0.2) is 0 Å². The quantitative estimate of drug-likeness (QED) is 0.327. The van der Waals surface area contributed by atoms with Crippen LogP contribution in [-0.2, 0) is 4.79 Å². The molecule has 0 aliphatic carbocycles. The molecule has 0 fully saturated rings. The summed E-state index contributed by atoms with van der Waals surface area (Å²) in [6.07, 6.45) is 0. The number of carbonyl (C=O) groups is 1. The van der Waals surface area contributed by atoms with Crippen molar-refractivity contribution in [2.24, 2.45) is 16.8 Å². The fourth-order valence-corrected chi connectivity index (χ4v) is 0.389. The third kappa shape index (κ3) is 2.91. The first-order valence-electron chi connectivity index (χ1n) is 2.66. The number of aliphatic carboxylic acids is 1. The molecule has 10 heavy (non-hydrogen) atoms. The van der Waals surface area contributed by atoms with E-state index in [0.717, 1.165) is 0 Å². The molecule has 6 nitrogen and oxygen atoms in total. The highest BCUT2D eigenvalue weighted by atomic mass is 16.4. The Hall–Kier alpha value is -1.26. The van der Waals surface area contributed by atoms with E-state index >= 15 is 0 Å². The molecule has 0 heterocycles. The average Bonchev–Trinajstić information content (AvgIpc) is 1.89. The lowest BCUT2D eigenvalue weighted by atomic mass is 10.1. The fourth-order valence-electron chi connectivity index (χ4n) is 0.389. The van der Waals surface area contributed by atoms with Crippen molar-refractivity contribution in [3.05, 3.63) is 10.4 Å². The predicted octanol–water partition coefficient (Wildman–Crippen LogP) is -0.0438. The maximum atomic E-state index is 10.2. The van der Waals surface area contributed by atoms with Crippen LogP contribution in [0.25, 0.3) is 10.4 Å². The normalized spacial score (nSPS) is 11.7. The first-order valence-corrected chi connectivity index (χ1v) is 2.66. The van der Waals surface area contributed by atoms with E-state index in [1.165, 1.54) is 0 Å². The van der Waals surface area contributed by atoms with Crippen LogP contribution in [0.15, 0.2) is 5.11 Å². The van der Waals surface area contributed by atoms with Gasteiger partial charge in [-0.05, 0) is 5.53 Å². The number of carboxylic acids is 1. The number of hydrogen-bond donors (Lipinski definition) is 2. The molecule has 0 bridgehead atoms. The highest BCUT2D eigenvalue weighted by Crippen LogP contribution is 1.93. The highest BCUT2D eigenvalue weighted by Gasteiger charge is 2.12. The van der Waals surface area contributed by atoms with Gasteiger partial charge in [-0.3, -0.25) is 4.79 Å². The number of carboxylic acid groups (broad SMARTS) is 1. The van der Waals surface area contributed by atoms with Crippen LogP contribution in [0.5, 0.6) is 0 Å². The summed E-state index contributed by atoms with van der Waals surface area (Å²) in [6, 6.07) is 0. The Labute approximate surface area is 57.3 Å². The standard InChI is InChI=1S/C4H8N4O2/c5-1-3(4(9)10)2-7-8-6/h3H,1-2,5H2,(H,9,10)/t3-/m1/s1. The minimum Gasteiger partial charge on any atom is -0.481 e. The van der Waals surface area contributed by atoms with Crippen molar-refractivity contribution in [2.75, 3.05) is 13.1 Å². The second-order valence-electron chi connectivity index (χ2n) is 1.68. The first kappa shape index (κ1) is 8.74. The zero-order valence-corrected chi connectivity index (χ0v) is 5.27. The van der Waals surface area contributed by atoms with Gasteiger partial charge in [-0.1, -0.05) is 5.11 Å². The molecule has 0 spiro atoms. The van der Waals surface area contributed by atoms with Gasteiger partial charge in [-0.2, -0.15) is 0 Å². The third-order valence-electron chi connectivity index (χ3n) is 0.999. The van der Waals surface area contributed by atoms with Crippen LogP contribution in [0.1, 0.15) is 0 Å². The Morgan fingerprint density at radius 3 is 2.80 bits per heavy atom. The summed E-state index contributed by atoms with van der Waals surface area (Å²) < 4.78 is 0. The van der Waals surface area contributed by atoms with E-state index in [0.29, 0.717) is 0 Å². The first-order chi connectivity index (χ1) is 4.72. The minimum atomic E-state index is -1.03. The molecule has 3 N–H and O–H groups in total. The Morgan fingerprint density at radius 1 is 1.90 bits per heavy atom. The van der Waals surface area contributed by atoms with E-state index in [4.69, 9.17) is 16.4 Å². The summed E-state index contributed by atoms with van der Waals surface area (Å²) in [4.78, 5) is 12.6. The third-order valence-corrected chi connectivity index (χ3v) is 0.999. The number of azide groups is 1. The van der Waals surface area contributed by atoms with Crippen molar-refractivity contribution in [2.45, 2.75) is 0 Å². The molecule has 0 radical (unpaired) electrons. The lowest BCUT2D eigenvalue weighted by molar-refractivity contribution is -0.140. The topological polar surface area (TPSA) is 112 Å². The maximum Gasteiger partial charge on any atom is 0.307 e. The van der Waals surface area contributed by atoms with Crippen molar-refractivity contribution in [1.82, 2.24) is 0 Å². The second-order valence-corrected chi connectivity index (χ2v) is 1.68. The van der Waals surface area contributed by atoms with Gasteiger partial charge >= 0.3 is 5.97 Å². The van der Waals surface area contributed by atoms with E-state index in [1.807, 2.05) is 0 Å². The predicted molar refractivity (Wildman–Crippen MR) is 34.2 cm³/mol. The number of hydrogen-bond acceptors (Lipinski definition) is 3. The van der Waals surface area contributed by atoms with Crippen molar-refractivity contribution in [3.63, 3.8) is 0 Å². The summed E-state index contributed by atoms with van der Waals surface area (Å²) in [6.45, 7) is -0.0866. The van der Waals surface area contributed by atoms with Crippen molar-refractivity contribution in [1.29, 1.82) is 0 Å². The Balaban J connectivity index is 3.82. The molecule has 0 aromatic heterocycles. The Bertz CT molecular complexity index is 163. The van der Waals surface area contributed by atoms with Gasteiger partial charge in [-0.15, -0.1) is 0 Å². The monoisotopic (exact) mass is 144 g/mol. The van der Waals surface area contributed by atoms with Gasteiger partial charge in [0.1, 0.15) is 0 Å². The van der Waals surface area contributed by atoms with Crippen LogP contribution in [-0.4, -0.2) is 24.2 Å². The lowest BCUT2D eigenvalue weighted by Crippen LogP contribution is -2.25. The molecule has 56 valence electrons. The number of nitrogens with zero attached hydrogens (tertiary/aromatic N) is 3. The van der Waals surface area contributed by atoms with Crippen LogP contribution < -0.4 is 5.73 Å². The van der Waals surface area contributed by atoms with Crippen molar-refractivity contribution < 1.29 is 9.90 Å². The van der Waals surface area contributed by atoms with Gasteiger partial charge in [0.2, 0.25) is 0 Å². The number of rotatable bonds is 4. The van der Waals surface area contributed by atoms with Gasteiger partial charge in [0.05, 0.1) is 5.92 Å². The number of nitrogens with two attached hydrogens (primary N) is 1. The molecule has 0 unspecified atom stereocenters. The molecule has 1 atom stereocenters. The van der Waals surface area contributed by atoms with Crippen LogP contribution >= 0.6 is 0 Å². The van der Waals surface area contributed by atoms with Crippen molar-refractivity contribution in [3.8, 4) is 0 Å². The van der Waals surface area contributed by atoms with Crippen LogP contribution in [0.4, 0.5) is 0 Å². The maximum absolute atomic E-state index is 10.2. The SMILES string of the molecule is [N-]=[N+]=NC[C@@H](CN)C(=O)O. The molecule has 0 aromatic carbocycles. The highest BCUT2D eigenvalue weighted by molar-refractivity contribution is 5.70. The van der Waals surface area contributed by atoms with E-state index in [-0.39, 0.29) is 13.1 Å². The van der Waals surface area contributed by atoms with Crippen LogP contribution in [0.2, 0.25) is 0 Å².